The van der Waals surface area contributed by atoms with E-state index in [0.29, 0.717) is 12.5 Å². The molecule has 1 heterocycles. The van der Waals surface area contributed by atoms with Crippen LogP contribution in [0.25, 0.3) is 0 Å². The zero-order valence-electron chi connectivity index (χ0n) is 9.32. The lowest BCUT2D eigenvalue weighted by atomic mass is 9.97. The quantitative estimate of drug-likeness (QED) is 0.717. The monoisotopic (exact) mass is 216 g/mol. The standard InChI is InChI=1S/C14H16O2/c1-11-10-15-14(16-11)8-7-13(9-14)12-5-3-2-4-6-12/h2-6,13H,1,7-10H2. The zero-order chi connectivity index (χ0) is 11.0. The van der Waals surface area contributed by atoms with Gasteiger partial charge in [-0.05, 0) is 17.9 Å². The number of hydrogen-bond donors (Lipinski definition) is 0. The Morgan fingerprint density at radius 2 is 2.06 bits per heavy atom. The van der Waals surface area contributed by atoms with Gasteiger partial charge in [-0.1, -0.05) is 36.9 Å². The van der Waals surface area contributed by atoms with E-state index in [9.17, 15) is 0 Å². The minimum atomic E-state index is -0.364. The van der Waals surface area contributed by atoms with E-state index in [4.69, 9.17) is 9.47 Å². The molecule has 1 saturated carbocycles. The molecule has 2 heteroatoms. The van der Waals surface area contributed by atoms with E-state index in [0.717, 1.165) is 25.0 Å². The first-order chi connectivity index (χ1) is 7.77. The molecule has 0 bridgehead atoms. The van der Waals surface area contributed by atoms with E-state index in [1.54, 1.807) is 0 Å². The van der Waals surface area contributed by atoms with Crippen molar-refractivity contribution in [1.29, 1.82) is 0 Å². The molecule has 0 amide bonds. The summed E-state index contributed by atoms with van der Waals surface area (Å²) in [6, 6.07) is 10.6. The summed E-state index contributed by atoms with van der Waals surface area (Å²) in [5.41, 5.74) is 1.39. The van der Waals surface area contributed by atoms with Crippen molar-refractivity contribution in [1.82, 2.24) is 0 Å². The summed E-state index contributed by atoms with van der Waals surface area (Å²) in [6.07, 6.45) is 3.07. The van der Waals surface area contributed by atoms with E-state index in [-0.39, 0.29) is 5.79 Å². The number of benzene rings is 1. The first-order valence-electron chi connectivity index (χ1n) is 5.83. The molecule has 1 aliphatic carbocycles. The van der Waals surface area contributed by atoms with E-state index in [1.165, 1.54) is 5.56 Å². The van der Waals surface area contributed by atoms with Gasteiger partial charge in [0.05, 0.1) is 0 Å². The first-order valence-corrected chi connectivity index (χ1v) is 5.83. The van der Waals surface area contributed by atoms with Gasteiger partial charge in [-0.25, -0.2) is 0 Å². The van der Waals surface area contributed by atoms with Gasteiger partial charge in [-0.3, -0.25) is 0 Å². The lowest BCUT2D eigenvalue weighted by Gasteiger charge is -2.21. The fraction of sp³-hybridized carbons (Fsp3) is 0.429. The number of rotatable bonds is 1. The molecule has 1 saturated heterocycles. The third kappa shape index (κ3) is 1.63. The molecule has 2 nitrogen and oxygen atoms in total. The average molecular weight is 216 g/mol. The molecule has 0 N–H and O–H groups in total. The molecule has 1 spiro atoms. The average Bonchev–Trinajstić information content (AvgIpc) is 2.88. The van der Waals surface area contributed by atoms with Crippen molar-refractivity contribution in [3.05, 3.63) is 48.2 Å². The second-order valence-corrected chi connectivity index (χ2v) is 4.69. The highest BCUT2D eigenvalue weighted by Crippen LogP contribution is 2.47. The van der Waals surface area contributed by atoms with E-state index in [1.807, 2.05) is 0 Å². The summed E-state index contributed by atoms with van der Waals surface area (Å²) in [7, 11) is 0. The lowest BCUT2D eigenvalue weighted by molar-refractivity contribution is -0.142. The second kappa shape index (κ2) is 3.63. The summed E-state index contributed by atoms with van der Waals surface area (Å²) in [4.78, 5) is 0. The van der Waals surface area contributed by atoms with Crippen LogP contribution in [0.4, 0.5) is 0 Å². The molecule has 1 aliphatic heterocycles. The summed E-state index contributed by atoms with van der Waals surface area (Å²) in [5, 5.41) is 0. The summed E-state index contributed by atoms with van der Waals surface area (Å²) in [6.45, 7) is 4.38. The highest BCUT2D eigenvalue weighted by atomic mass is 16.7. The molecule has 16 heavy (non-hydrogen) atoms. The Morgan fingerprint density at radius 1 is 1.25 bits per heavy atom. The van der Waals surface area contributed by atoms with Gasteiger partial charge < -0.3 is 9.47 Å². The van der Waals surface area contributed by atoms with Crippen LogP contribution < -0.4 is 0 Å². The van der Waals surface area contributed by atoms with Crippen LogP contribution in [0.15, 0.2) is 42.7 Å². The van der Waals surface area contributed by atoms with Crippen LogP contribution in [-0.2, 0) is 9.47 Å². The summed E-state index contributed by atoms with van der Waals surface area (Å²) >= 11 is 0. The molecule has 2 unspecified atom stereocenters. The minimum absolute atomic E-state index is 0.364. The molecule has 84 valence electrons. The van der Waals surface area contributed by atoms with Gasteiger partial charge in [0.25, 0.3) is 0 Å². The van der Waals surface area contributed by atoms with Gasteiger partial charge in [0.2, 0.25) is 5.79 Å². The predicted octanol–water partition coefficient (Wildman–Crippen LogP) is 3.21. The van der Waals surface area contributed by atoms with Crippen molar-refractivity contribution in [3.8, 4) is 0 Å². The zero-order valence-corrected chi connectivity index (χ0v) is 9.32. The smallest absolute Gasteiger partial charge is 0.211 e. The van der Waals surface area contributed by atoms with Crippen molar-refractivity contribution in [2.75, 3.05) is 6.61 Å². The predicted molar refractivity (Wildman–Crippen MR) is 61.9 cm³/mol. The largest absolute Gasteiger partial charge is 0.465 e. The maximum atomic E-state index is 5.74. The molecule has 2 aliphatic rings. The Morgan fingerprint density at radius 3 is 2.75 bits per heavy atom. The Hall–Kier alpha value is -1.28. The van der Waals surface area contributed by atoms with Gasteiger partial charge in [0, 0.05) is 12.8 Å². The fourth-order valence-corrected chi connectivity index (χ4v) is 2.74. The maximum Gasteiger partial charge on any atom is 0.211 e. The van der Waals surface area contributed by atoms with Gasteiger partial charge in [-0.2, -0.15) is 0 Å². The number of hydrogen-bond acceptors (Lipinski definition) is 2. The van der Waals surface area contributed by atoms with Crippen molar-refractivity contribution in [2.24, 2.45) is 0 Å². The SMILES string of the molecule is C=C1COC2(CCC(c3ccccc3)C2)O1. The van der Waals surface area contributed by atoms with E-state index >= 15 is 0 Å². The fourth-order valence-electron chi connectivity index (χ4n) is 2.74. The topological polar surface area (TPSA) is 18.5 Å². The highest BCUT2D eigenvalue weighted by Gasteiger charge is 2.46. The molecule has 2 fully saturated rings. The third-order valence-corrected chi connectivity index (χ3v) is 3.53. The number of ether oxygens (including phenoxy) is 2. The van der Waals surface area contributed by atoms with E-state index < -0.39 is 0 Å². The molecular weight excluding hydrogens is 200 g/mol. The second-order valence-electron chi connectivity index (χ2n) is 4.69. The minimum Gasteiger partial charge on any atom is -0.465 e. The summed E-state index contributed by atoms with van der Waals surface area (Å²) < 4.78 is 11.5. The van der Waals surface area contributed by atoms with Crippen LogP contribution in [0.2, 0.25) is 0 Å². The molecular formula is C14H16O2. The molecule has 3 rings (SSSR count). The Labute approximate surface area is 95.9 Å². The van der Waals surface area contributed by atoms with Gasteiger partial charge in [0.1, 0.15) is 12.4 Å². The first kappa shape index (κ1) is 9.91. The summed E-state index contributed by atoms with van der Waals surface area (Å²) in [5.74, 6) is 0.971. The Kier molecular flexibility index (Phi) is 2.25. The molecule has 0 radical (unpaired) electrons. The third-order valence-electron chi connectivity index (χ3n) is 3.53. The molecule has 1 aromatic carbocycles. The van der Waals surface area contributed by atoms with Crippen LogP contribution >= 0.6 is 0 Å². The van der Waals surface area contributed by atoms with Crippen LogP contribution in [0.3, 0.4) is 0 Å². The van der Waals surface area contributed by atoms with Crippen molar-refractivity contribution in [3.63, 3.8) is 0 Å². The molecule has 2 atom stereocenters. The Bertz CT molecular complexity index is 398. The van der Waals surface area contributed by atoms with Crippen LogP contribution in [0, 0.1) is 0 Å². The van der Waals surface area contributed by atoms with Crippen molar-refractivity contribution in [2.45, 2.75) is 31.0 Å². The Balaban J connectivity index is 1.76. The normalized spacial score (nSPS) is 33.2. The van der Waals surface area contributed by atoms with E-state index in [2.05, 4.69) is 36.9 Å². The maximum absolute atomic E-state index is 5.74. The van der Waals surface area contributed by atoms with Gasteiger partial charge in [-0.15, -0.1) is 0 Å². The van der Waals surface area contributed by atoms with Gasteiger partial charge in [0.15, 0.2) is 0 Å². The van der Waals surface area contributed by atoms with Gasteiger partial charge >= 0.3 is 0 Å². The van der Waals surface area contributed by atoms with Crippen molar-refractivity contribution < 1.29 is 9.47 Å². The van der Waals surface area contributed by atoms with Crippen LogP contribution in [-0.4, -0.2) is 12.4 Å². The molecule has 0 aromatic heterocycles. The van der Waals surface area contributed by atoms with Crippen LogP contribution in [0.5, 0.6) is 0 Å². The van der Waals surface area contributed by atoms with Crippen molar-refractivity contribution >= 4 is 0 Å². The highest BCUT2D eigenvalue weighted by molar-refractivity contribution is 5.21. The molecule has 1 aromatic rings. The van der Waals surface area contributed by atoms with Crippen LogP contribution in [0.1, 0.15) is 30.7 Å². The lowest BCUT2D eigenvalue weighted by Crippen LogP contribution is -2.25.